The monoisotopic (exact) mass is 392 g/mol. The number of H-pyrrole nitrogens is 1. The number of carbonyl (C=O) groups is 1. The summed E-state index contributed by atoms with van der Waals surface area (Å²) in [6, 6.07) is 15.7. The molecule has 4 rings (SSSR count). The van der Waals surface area contributed by atoms with Gasteiger partial charge in [0.15, 0.2) is 11.5 Å². The number of aromatic amines is 1. The van der Waals surface area contributed by atoms with Gasteiger partial charge in [-0.3, -0.25) is 9.89 Å². The molecule has 0 unspecified atom stereocenters. The minimum absolute atomic E-state index is 0.00901. The fourth-order valence-corrected chi connectivity index (χ4v) is 3.49. The molecule has 1 aliphatic heterocycles. The van der Waals surface area contributed by atoms with Crippen molar-refractivity contribution in [2.24, 2.45) is 0 Å². The minimum Gasteiger partial charge on any atom is -0.454 e. The van der Waals surface area contributed by atoms with E-state index in [1.54, 1.807) is 0 Å². The number of nitrogens with zero attached hydrogens (tertiary/aromatic N) is 2. The highest BCUT2D eigenvalue weighted by atomic mass is 16.7. The molecular formula is C22H24N4O3. The Bertz CT molecular complexity index is 1010. The summed E-state index contributed by atoms with van der Waals surface area (Å²) in [5.74, 6) is 1.30. The van der Waals surface area contributed by atoms with Crippen molar-refractivity contribution in [1.82, 2.24) is 20.4 Å². The van der Waals surface area contributed by atoms with Crippen LogP contribution in [0.4, 0.5) is 0 Å². The first-order valence-electron chi connectivity index (χ1n) is 9.49. The maximum Gasteiger partial charge on any atom is 0.269 e. The van der Waals surface area contributed by atoms with Gasteiger partial charge in [0.25, 0.3) is 5.91 Å². The van der Waals surface area contributed by atoms with E-state index < -0.39 is 0 Å². The molecule has 1 aliphatic rings. The molecule has 2 N–H and O–H groups in total. The van der Waals surface area contributed by atoms with Crippen molar-refractivity contribution in [3.63, 3.8) is 0 Å². The molecule has 2 aromatic carbocycles. The molecule has 0 aliphatic carbocycles. The molecule has 0 saturated carbocycles. The van der Waals surface area contributed by atoms with Crippen molar-refractivity contribution < 1.29 is 14.3 Å². The van der Waals surface area contributed by atoms with Crippen molar-refractivity contribution in [2.45, 2.75) is 13.0 Å². The molecular weight excluding hydrogens is 368 g/mol. The Balaban J connectivity index is 1.49. The van der Waals surface area contributed by atoms with Crippen LogP contribution in [0, 0.1) is 6.92 Å². The number of hydrogen-bond donors (Lipinski definition) is 2. The van der Waals surface area contributed by atoms with Gasteiger partial charge in [0.2, 0.25) is 6.79 Å². The maximum atomic E-state index is 12.8. The summed E-state index contributed by atoms with van der Waals surface area (Å²) in [6.07, 6.45) is 0. The topological polar surface area (TPSA) is 79.5 Å². The van der Waals surface area contributed by atoms with Gasteiger partial charge >= 0.3 is 0 Å². The molecule has 150 valence electrons. The number of carbonyl (C=O) groups excluding carboxylic acids is 1. The highest BCUT2D eigenvalue weighted by Crippen LogP contribution is 2.35. The first kappa shape index (κ1) is 19.0. The second-order valence-electron chi connectivity index (χ2n) is 7.24. The zero-order valence-electron chi connectivity index (χ0n) is 16.7. The lowest BCUT2D eigenvalue weighted by atomic mass is 10.0. The van der Waals surface area contributed by atoms with E-state index >= 15 is 0 Å². The molecule has 2 heterocycles. The normalized spacial score (nSPS) is 13.5. The number of likely N-dealkylation sites (N-methyl/N-ethyl adjacent to an activating group) is 1. The predicted molar refractivity (Wildman–Crippen MR) is 110 cm³/mol. The Morgan fingerprint density at radius 1 is 1.17 bits per heavy atom. The molecule has 7 heteroatoms. The van der Waals surface area contributed by atoms with E-state index in [1.807, 2.05) is 69.6 Å². The lowest BCUT2D eigenvalue weighted by Crippen LogP contribution is -2.35. The molecule has 7 nitrogen and oxygen atoms in total. The van der Waals surface area contributed by atoms with Gasteiger partial charge in [0, 0.05) is 17.7 Å². The van der Waals surface area contributed by atoms with Crippen LogP contribution >= 0.6 is 0 Å². The summed E-state index contributed by atoms with van der Waals surface area (Å²) in [4.78, 5) is 14.9. The number of fused-ring (bicyclic) bond motifs is 1. The van der Waals surface area contributed by atoms with Gasteiger partial charge < -0.3 is 19.7 Å². The van der Waals surface area contributed by atoms with Crippen LogP contribution in [0.25, 0.3) is 11.3 Å². The lowest BCUT2D eigenvalue weighted by Gasteiger charge is -2.25. The van der Waals surface area contributed by atoms with E-state index in [9.17, 15) is 4.79 Å². The Kier molecular flexibility index (Phi) is 5.22. The molecule has 1 aromatic heterocycles. The van der Waals surface area contributed by atoms with Gasteiger partial charge in [0.1, 0.15) is 5.69 Å². The van der Waals surface area contributed by atoms with Crippen LogP contribution in [0.2, 0.25) is 0 Å². The van der Waals surface area contributed by atoms with Crippen LogP contribution in [-0.4, -0.2) is 48.4 Å². The van der Waals surface area contributed by atoms with Crippen LogP contribution in [-0.2, 0) is 0 Å². The molecule has 1 atom stereocenters. The highest BCUT2D eigenvalue weighted by molar-refractivity contribution is 5.95. The third-order valence-electron chi connectivity index (χ3n) is 5.14. The lowest BCUT2D eigenvalue weighted by molar-refractivity contribution is 0.0936. The Morgan fingerprint density at radius 2 is 1.93 bits per heavy atom. The minimum atomic E-state index is -0.176. The zero-order valence-corrected chi connectivity index (χ0v) is 16.7. The molecule has 1 amide bonds. The number of amides is 1. The molecule has 0 radical (unpaired) electrons. The number of benzene rings is 2. The smallest absolute Gasteiger partial charge is 0.269 e. The van der Waals surface area contributed by atoms with Crippen molar-refractivity contribution in [3.05, 3.63) is 65.4 Å². The second-order valence-corrected chi connectivity index (χ2v) is 7.24. The highest BCUT2D eigenvalue weighted by Gasteiger charge is 2.22. The molecule has 3 aromatic rings. The summed E-state index contributed by atoms with van der Waals surface area (Å²) >= 11 is 0. The number of ether oxygens (including phenoxy) is 2. The van der Waals surface area contributed by atoms with Crippen molar-refractivity contribution >= 4 is 5.91 Å². The Labute approximate surface area is 169 Å². The Morgan fingerprint density at radius 3 is 2.69 bits per heavy atom. The van der Waals surface area contributed by atoms with E-state index in [4.69, 9.17) is 9.47 Å². The molecule has 29 heavy (non-hydrogen) atoms. The first-order valence-corrected chi connectivity index (χ1v) is 9.49. The number of hydrogen-bond acceptors (Lipinski definition) is 5. The number of aromatic nitrogens is 2. The van der Waals surface area contributed by atoms with Crippen LogP contribution in [0.5, 0.6) is 11.5 Å². The molecule has 0 spiro atoms. The average molecular weight is 392 g/mol. The van der Waals surface area contributed by atoms with Crippen molar-refractivity contribution in [3.8, 4) is 22.8 Å². The predicted octanol–water partition coefficient (Wildman–Crippen LogP) is 3.15. The van der Waals surface area contributed by atoms with Crippen LogP contribution in [0.3, 0.4) is 0 Å². The van der Waals surface area contributed by atoms with E-state index in [1.165, 1.54) is 0 Å². The van der Waals surface area contributed by atoms with Gasteiger partial charge in [-0.1, -0.05) is 36.4 Å². The summed E-state index contributed by atoms with van der Waals surface area (Å²) < 4.78 is 10.9. The van der Waals surface area contributed by atoms with E-state index in [2.05, 4.69) is 20.4 Å². The van der Waals surface area contributed by atoms with Gasteiger partial charge in [-0.05, 0) is 38.7 Å². The first-order chi connectivity index (χ1) is 14.0. The van der Waals surface area contributed by atoms with E-state index in [0.717, 1.165) is 33.9 Å². The fourth-order valence-electron chi connectivity index (χ4n) is 3.49. The molecule has 0 saturated heterocycles. The van der Waals surface area contributed by atoms with E-state index in [0.29, 0.717) is 12.2 Å². The third kappa shape index (κ3) is 3.82. The van der Waals surface area contributed by atoms with Crippen molar-refractivity contribution in [1.29, 1.82) is 0 Å². The average Bonchev–Trinajstić information content (AvgIpc) is 3.34. The SMILES string of the molecule is Cc1c(-c2ccccc2)n[nH]c1C(=O)NC[C@H](c1ccc2c(c1)OCO2)N(C)C. The number of rotatable bonds is 6. The van der Waals surface area contributed by atoms with Gasteiger partial charge in [-0.2, -0.15) is 5.10 Å². The molecule has 0 fully saturated rings. The second kappa shape index (κ2) is 7.97. The summed E-state index contributed by atoms with van der Waals surface area (Å²) in [5, 5.41) is 10.3. The molecule has 0 bridgehead atoms. The Hall–Kier alpha value is -3.32. The quantitative estimate of drug-likeness (QED) is 0.674. The largest absolute Gasteiger partial charge is 0.454 e. The van der Waals surface area contributed by atoms with Crippen LogP contribution < -0.4 is 14.8 Å². The van der Waals surface area contributed by atoms with Gasteiger partial charge in [-0.25, -0.2) is 0 Å². The van der Waals surface area contributed by atoms with E-state index in [-0.39, 0.29) is 18.7 Å². The third-order valence-corrected chi connectivity index (χ3v) is 5.14. The van der Waals surface area contributed by atoms with Crippen LogP contribution in [0.15, 0.2) is 48.5 Å². The summed E-state index contributed by atoms with van der Waals surface area (Å²) in [6.45, 7) is 2.59. The number of nitrogens with one attached hydrogen (secondary N) is 2. The summed E-state index contributed by atoms with van der Waals surface area (Å²) in [7, 11) is 3.97. The maximum absolute atomic E-state index is 12.8. The van der Waals surface area contributed by atoms with Crippen LogP contribution in [0.1, 0.15) is 27.7 Å². The zero-order chi connectivity index (χ0) is 20.4. The standard InChI is InChI=1S/C22H24N4O3/c1-14-20(15-7-5-4-6-8-15)24-25-21(14)22(27)23-12-17(26(2)3)16-9-10-18-19(11-16)29-13-28-18/h4-11,17H,12-13H2,1-3H3,(H,23,27)(H,24,25)/t17-/m1/s1. The summed E-state index contributed by atoms with van der Waals surface area (Å²) in [5.41, 5.74) is 4.12. The van der Waals surface area contributed by atoms with Crippen molar-refractivity contribution in [2.75, 3.05) is 27.4 Å². The van der Waals surface area contributed by atoms with Gasteiger partial charge in [-0.15, -0.1) is 0 Å². The van der Waals surface area contributed by atoms with Gasteiger partial charge in [0.05, 0.1) is 11.7 Å². The fraction of sp³-hybridized carbons (Fsp3) is 0.273.